The minimum atomic E-state index is -0.605. The molecule has 0 aromatic rings. The number of hydrogen-bond acceptors (Lipinski definition) is 4. The molecule has 1 heterocycles. The third-order valence-corrected chi connectivity index (χ3v) is 10.3. The first-order valence-corrected chi connectivity index (χ1v) is 14.4. The lowest BCUT2D eigenvalue weighted by atomic mass is 9.49. The van der Waals surface area contributed by atoms with Crippen LogP contribution in [-0.4, -0.2) is 52.8 Å². The molecule has 202 valence electrons. The number of piperidine rings is 1. The van der Waals surface area contributed by atoms with E-state index in [2.05, 4.69) is 27.7 Å². The second-order valence-corrected chi connectivity index (χ2v) is 13.2. The third-order valence-electron chi connectivity index (χ3n) is 10.3. The van der Waals surface area contributed by atoms with E-state index in [1.165, 1.54) is 0 Å². The summed E-state index contributed by atoms with van der Waals surface area (Å²) in [7, 11) is 0. The first-order chi connectivity index (χ1) is 16.8. The molecule has 0 bridgehead atoms. The van der Waals surface area contributed by atoms with Gasteiger partial charge in [0.05, 0.1) is 0 Å². The smallest absolute Gasteiger partial charge is 0.414 e. The largest absolute Gasteiger partial charge is 0.443 e. The predicted octanol–water partition coefficient (Wildman–Crippen LogP) is 6.20. The maximum absolute atomic E-state index is 13.7. The molecule has 0 spiro atoms. The molecule has 0 aromatic heterocycles. The van der Waals surface area contributed by atoms with Gasteiger partial charge in [0.1, 0.15) is 5.60 Å². The van der Waals surface area contributed by atoms with Crippen LogP contribution in [0.4, 0.5) is 4.79 Å². The van der Waals surface area contributed by atoms with E-state index in [1.807, 2.05) is 37.5 Å². The molecule has 4 rings (SSSR count). The van der Waals surface area contributed by atoms with Crippen LogP contribution in [0.1, 0.15) is 100 Å². The number of allylic oxidation sites excluding steroid dienone is 2. The average Bonchev–Trinajstić information content (AvgIpc) is 3.16. The van der Waals surface area contributed by atoms with Crippen LogP contribution < -0.4 is 0 Å². The average molecular weight is 501 g/mol. The molecule has 0 aromatic carbocycles. The summed E-state index contributed by atoms with van der Waals surface area (Å²) in [5.41, 5.74) is 0.889. The van der Waals surface area contributed by atoms with E-state index >= 15 is 0 Å². The van der Waals surface area contributed by atoms with Crippen molar-refractivity contribution in [2.24, 2.45) is 34.5 Å². The maximum atomic E-state index is 13.7. The van der Waals surface area contributed by atoms with Crippen molar-refractivity contribution in [2.75, 3.05) is 19.6 Å². The molecule has 2 saturated carbocycles. The minimum Gasteiger partial charge on any atom is -0.443 e. The van der Waals surface area contributed by atoms with E-state index in [0.29, 0.717) is 43.0 Å². The summed E-state index contributed by atoms with van der Waals surface area (Å²) in [6, 6.07) is 0. The summed E-state index contributed by atoms with van der Waals surface area (Å²) in [5.74, 6) is 1.68. The van der Waals surface area contributed by atoms with Crippen molar-refractivity contribution in [3.8, 4) is 0 Å². The van der Waals surface area contributed by atoms with Crippen molar-refractivity contribution < 1.29 is 19.1 Å². The number of ketones is 1. The molecule has 4 aliphatic rings. The standard InChI is InChI=1S/C30H48N2O4/c1-9-19-24(33)15-17-30(8)22-14-16-29(7)21(12-13-23(29)26(34)31(10-2)11-3)20(22)18-32(25(19)30)27(35)36-28(4,5)6/h20-23H,9-18H2,1-8H3/t20-,21-,22-,23+,29-,30+/m0/s1. The van der Waals surface area contributed by atoms with Gasteiger partial charge in [0, 0.05) is 48.7 Å². The fraction of sp³-hybridized carbons (Fsp3) is 0.833. The lowest BCUT2D eigenvalue weighted by Crippen LogP contribution is -2.60. The highest BCUT2D eigenvalue weighted by atomic mass is 16.6. The van der Waals surface area contributed by atoms with Crippen molar-refractivity contribution in [1.82, 2.24) is 9.80 Å². The van der Waals surface area contributed by atoms with Crippen molar-refractivity contribution in [2.45, 2.75) is 106 Å². The summed E-state index contributed by atoms with van der Waals surface area (Å²) in [6.07, 6.45) is 5.71. The Kier molecular flexibility index (Phi) is 7.15. The lowest BCUT2D eigenvalue weighted by molar-refractivity contribution is -0.144. The first kappa shape index (κ1) is 27.2. The Labute approximate surface area is 218 Å². The fourth-order valence-electron chi connectivity index (χ4n) is 8.60. The van der Waals surface area contributed by atoms with Crippen molar-refractivity contribution in [3.63, 3.8) is 0 Å². The number of ether oxygens (including phenoxy) is 1. The first-order valence-electron chi connectivity index (χ1n) is 14.4. The van der Waals surface area contributed by atoms with Crippen molar-refractivity contribution in [1.29, 1.82) is 0 Å². The van der Waals surface area contributed by atoms with Gasteiger partial charge < -0.3 is 9.64 Å². The Morgan fingerprint density at radius 2 is 1.69 bits per heavy atom. The van der Waals surface area contributed by atoms with Crippen LogP contribution in [0, 0.1) is 34.5 Å². The number of likely N-dealkylation sites (tertiary alicyclic amines) is 1. The molecule has 6 nitrogen and oxygen atoms in total. The second-order valence-electron chi connectivity index (χ2n) is 13.2. The van der Waals surface area contributed by atoms with E-state index in [-0.39, 0.29) is 28.6 Å². The van der Waals surface area contributed by atoms with Crippen LogP contribution in [0.15, 0.2) is 11.3 Å². The Morgan fingerprint density at radius 1 is 1.03 bits per heavy atom. The maximum Gasteiger partial charge on any atom is 0.414 e. The monoisotopic (exact) mass is 500 g/mol. The van der Waals surface area contributed by atoms with Gasteiger partial charge in [-0.25, -0.2) is 4.79 Å². The highest BCUT2D eigenvalue weighted by Crippen LogP contribution is 2.66. The molecule has 6 atom stereocenters. The highest BCUT2D eigenvalue weighted by molar-refractivity contribution is 5.98. The Hall–Kier alpha value is -1.85. The molecular formula is C30H48N2O4. The third kappa shape index (κ3) is 4.20. The van der Waals surface area contributed by atoms with Gasteiger partial charge in [-0.2, -0.15) is 0 Å². The number of carbonyl (C=O) groups excluding carboxylic acids is 3. The normalized spacial score (nSPS) is 36.2. The number of fused-ring (bicyclic) bond motifs is 5. The zero-order valence-corrected chi connectivity index (χ0v) is 23.9. The predicted molar refractivity (Wildman–Crippen MR) is 141 cm³/mol. The summed E-state index contributed by atoms with van der Waals surface area (Å²) < 4.78 is 5.92. The molecule has 1 aliphatic heterocycles. The topological polar surface area (TPSA) is 66.9 Å². The fourth-order valence-corrected chi connectivity index (χ4v) is 8.60. The molecule has 0 radical (unpaired) electrons. The van der Waals surface area contributed by atoms with Crippen LogP contribution in [0.2, 0.25) is 0 Å². The van der Waals surface area contributed by atoms with Gasteiger partial charge in [0.25, 0.3) is 0 Å². The van der Waals surface area contributed by atoms with Crippen LogP contribution in [0.25, 0.3) is 0 Å². The van der Waals surface area contributed by atoms with Gasteiger partial charge in [-0.1, -0.05) is 20.8 Å². The summed E-state index contributed by atoms with van der Waals surface area (Å²) >= 11 is 0. The van der Waals surface area contributed by atoms with E-state index < -0.39 is 5.60 Å². The number of hydrogen-bond donors (Lipinski definition) is 0. The number of Topliss-reactive ketones (excluding diaryl/α,β-unsaturated/α-hetero) is 1. The summed E-state index contributed by atoms with van der Waals surface area (Å²) in [4.78, 5) is 44.1. The van der Waals surface area contributed by atoms with Gasteiger partial charge in [-0.15, -0.1) is 0 Å². The van der Waals surface area contributed by atoms with Gasteiger partial charge >= 0.3 is 6.09 Å². The number of amides is 2. The Bertz CT molecular complexity index is 945. The molecule has 0 N–H and O–H groups in total. The molecule has 6 heteroatoms. The molecule has 2 amide bonds. The van der Waals surface area contributed by atoms with E-state index in [0.717, 1.165) is 56.5 Å². The van der Waals surface area contributed by atoms with E-state index in [9.17, 15) is 14.4 Å². The quantitative estimate of drug-likeness (QED) is 0.461. The van der Waals surface area contributed by atoms with Gasteiger partial charge in [-0.05, 0) is 96.3 Å². The van der Waals surface area contributed by atoms with Crippen LogP contribution in [0.3, 0.4) is 0 Å². The zero-order chi connectivity index (χ0) is 26.6. The van der Waals surface area contributed by atoms with E-state index in [1.54, 1.807) is 0 Å². The number of rotatable bonds is 4. The molecule has 0 unspecified atom stereocenters. The second kappa shape index (κ2) is 9.47. The van der Waals surface area contributed by atoms with Crippen LogP contribution >= 0.6 is 0 Å². The Balaban J connectivity index is 1.75. The molecule has 3 fully saturated rings. The van der Waals surface area contributed by atoms with E-state index in [4.69, 9.17) is 4.74 Å². The number of nitrogens with zero attached hydrogens (tertiary/aromatic N) is 2. The van der Waals surface area contributed by atoms with Crippen LogP contribution in [0.5, 0.6) is 0 Å². The Morgan fingerprint density at radius 3 is 2.28 bits per heavy atom. The molecular weight excluding hydrogens is 452 g/mol. The van der Waals surface area contributed by atoms with Gasteiger partial charge in [-0.3, -0.25) is 14.5 Å². The van der Waals surface area contributed by atoms with Gasteiger partial charge in [0.2, 0.25) is 5.91 Å². The van der Waals surface area contributed by atoms with Gasteiger partial charge in [0.15, 0.2) is 5.78 Å². The highest BCUT2D eigenvalue weighted by Gasteiger charge is 2.63. The molecule has 36 heavy (non-hydrogen) atoms. The summed E-state index contributed by atoms with van der Waals surface area (Å²) in [5, 5.41) is 0. The summed E-state index contributed by atoms with van der Waals surface area (Å²) in [6.45, 7) is 18.6. The van der Waals surface area contributed by atoms with Crippen molar-refractivity contribution >= 4 is 17.8 Å². The number of carbonyl (C=O) groups is 3. The molecule has 1 saturated heterocycles. The van der Waals surface area contributed by atoms with Crippen LogP contribution in [-0.2, 0) is 14.3 Å². The van der Waals surface area contributed by atoms with Crippen molar-refractivity contribution in [3.05, 3.63) is 11.3 Å². The SMILES string of the molecule is CCC1=C2N(C(=O)OC(C)(C)C)C[C@H]3[C@@H]4CC[C@H](C(=O)N(CC)CC)[C@@]4(C)CC[C@@H]3[C@@]2(C)CCC1=O. The minimum absolute atomic E-state index is 0.0455. The molecule has 3 aliphatic carbocycles. The zero-order valence-electron chi connectivity index (χ0n) is 23.9. The lowest BCUT2D eigenvalue weighted by Gasteiger charge is -2.60.